The SMILES string of the molecule is CC(=O)c1ccc(N2CCN(C(=O)C3(c4ccccc4)CCCC3)CC2)c(F)c1. The second kappa shape index (κ2) is 7.97. The Morgan fingerprint density at radius 1 is 0.931 bits per heavy atom. The van der Waals surface area contributed by atoms with E-state index in [0.717, 1.165) is 31.2 Å². The van der Waals surface area contributed by atoms with Crippen LogP contribution in [0.25, 0.3) is 0 Å². The van der Waals surface area contributed by atoms with Gasteiger partial charge < -0.3 is 9.80 Å². The summed E-state index contributed by atoms with van der Waals surface area (Å²) in [6.45, 7) is 3.78. The van der Waals surface area contributed by atoms with Crippen LogP contribution >= 0.6 is 0 Å². The summed E-state index contributed by atoms with van der Waals surface area (Å²) in [5.74, 6) is -0.309. The van der Waals surface area contributed by atoms with Gasteiger partial charge >= 0.3 is 0 Å². The van der Waals surface area contributed by atoms with E-state index in [1.807, 2.05) is 28.0 Å². The van der Waals surface area contributed by atoms with Crippen molar-refractivity contribution in [2.24, 2.45) is 0 Å². The molecule has 0 bridgehead atoms. The maximum Gasteiger partial charge on any atom is 0.233 e. The molecule has 1 amide bonds. The number of nitrogens with zero attached hydrogens (tertiary/aromatic N) is 2. The molecule has 4 nitrogen and oxygen atoms in total. The molecule has 1 saturated heterocycles. The highest BCUT2D eigenvalue weighted by molar-refractivity contribution is 5.94. The molecular formula is C24H27FN2O2. The summed E-state index contributed by atoms with van der Waals surface area (Å²) in [4.78, 5) is 28.9. The van der Waals surface area contributed by atoms with Gasteiger partial charge in [-0.2, -0.15) is 0 Å². The first kappa shape index (κ1) is 19.6. The number of piperazine rings is 1. The second-order valence-electron chi connectivity index (χ2n) is 8.16. The number of ketones is 1. The molecular weight excluding hydrogens is 367 g/mol. The lowest BCUT2D eigenvalue weighted by molar-refractivity contribution is -0.137. The molecule has 0 radical (unpaired) electrons. The molecule has 4 rings (SSSR count). The number of amides is 1. The van der Waals surface area contributed by atoms with E-state index in [2.05, 4.69) is 12.1 Å². The third-order valence-electron chi connectivity index (χ3n) is 6.45. The summed E-state index contributed by atoms with van der Waals surface area (Å²) in [5.41, 5.74) is 1.60. The van der Waals surface area contributed by atoms with Gasteiger partial charge in [0.15, 0.2) is 5.78 Å². The van der Waals surface area contributed by atoms with Gasteiger partial charge in [-0.25, -0.2) is 4.39 Å². The van der Waals surface area contributed by atoms with Gasteiger partial charge in [0.25, 0.3) is 0 Å². The molecule has 0 atom stereocenters. The first-order chi connectivity index (χ1) is 14.0. The van der Waals surface area contributed by atoms with Crippen LogP contribution in [0.15, 0.2) is 48.5 Å². The zero-order valence-corrected chi connectivity index (χ0v) is 16.9. The number of hydrogen-bond acceptors (Lipinski definition) is 3. The number of carbonyl (C=O) groups is 2. The second-order valence-corrected chi connectivity index (χ2v) is 8.16. The molecule has 1 aliphatic carbocycles. The fraction of sp³-hybridized carbons (Fsp3) is 0.417. The van der Waals surface area contributed by atoms with Gasteiger partial charge in [-0.05, 0) is 43.5 Å². The normalized spacial score (nSPS) is 18.7. The lowest BCUT2D eigenvalue weighted by atomic mass is 9.77. The molecule has 0 spiro atoms. The number of Topliss-reactive ketones (excluding diaryl/α,β-unsaturated/α-hetero) is 1. The van der Waals surface area contributed by atoms with Crippen LogP contribution in [-0.4, -0.2) is 42.8 Å². The van der Waals surface area contributed by atoms with Gasteiger partial charge in [-0.1, -0.05) is 43.2 Å². The molecule has 2 aromatic rings. The minimum Gasteiger partial charge on any atom is -0.366 e. The summed E-state index contributed by atoms with van der Waals surface area (Å²) >= 11 is 0. The molecule has 0 unspecified atom stereocenters. The molecule has 5 heteroatoms. The van der Waals surface area contributed by atoms with Crippen molar-refractivity contribution in [2.45, 2.75) is 38.0 Å². The van der Waals surface area contributed by atoms with Gasteiger partial charge in [0.05, 0.1) is 11.1 Å². The minimum atomic E-state index is -0.405. The molecule has 1 aliphatic heterocycles. The fourth-order valence-electron chi connectivity index (χ4n) is 4.80. The van der Waals surface area contributed by atoms with Crippen molar-refractivity contribution in [3.63, 3.8) is 0 Å². The zero-order chi connectivity index (χ0) is 20.4. The number of anilines is 1. The van der Waals surface area contributed by atoms with E-state index in [-0.39, 0.29) is 17.5 Å². The predicted octanol–water partition coefficient (Wildman–Crippen LogP) is 4.19. The van der Waals surface area contributed by atoms with Crippen molar-refractivity contribution in [3.8, 4) is 0 Å². The van der Waals surface area contributed by atoms with Crippen molar-refractivity contribution in [1.82, 2.24) is 4.90 Å². The van der Waals surface area contributed by atoms with E-state index in [9.17, 15) is 14.0 Å². The van der Waals surface area contributed by atoms with E-state index >= 15 is 0 Å². The quantitative estimate of drug-likeness (QED) is 0.730. The van der Waals surface area contributed by atoms with Gasteiger partial charge in [0, 0.05) is 31.7 Å². The largest absolute Gasteiger partial charge is 0.366 e. The minimum absolute atomic E-state index is 0.145. The van der Waals surface area contributed by atoms with Crippen molar-refractivity contribution in [2.75, 3.05) is 31.1 Å². The van der Waals surface area contributed by atoms with E-state index in [0.29, 0.717) is 37.4 Å². The van der Waals surface area contributed by atoms with Gasteiger partial charge in [0.2, 0.25) is 5.91 Å². The molecule has 152 valence electrons. The average molecular weight is 394 g/mol. The Balaban J connectivity index is 1.48. The molecule has 1 saturated carbocycles. The van der Waals surface area contributed by atoms with Crippen LogP contribution in [0, 0.1) is 5.82 Å². The van der Waals surface area contributed by atoms with Gasteiger partial charge in [-0.3, -0.25) is 9.59 Å². The third kappa shape index (κ3) is 3.66. The smallest absolute Gasteiger partial charge is 0.233 e. The maximum absolute atomic E-state index is 14.5. The monoisotopic (exact) mass is 394 g/mol. The molecule has 0 N–H and O–H groups in total. The average Bonchev–Trinajstić information content (AvgIpc) is 3.25. The first-order valence-corrected chi connectivity index (χ1v) is 10.4. The number of benzene rings is 2. The Hall–Kier alpha value is -2.69. The highest BCUT2D eigenvalue weighted by atomic mass is 19.1. The summed E-state index contributed by atoms with van der Waals surface area (Å²) in [6.07, 6.45) is 3.96. The van der Waals surface area contributed by atoms with Crippen LogP contribution in [-0.2, 0) is 10.2 Å². The summed E-state index contributed by atoms with van der Waals surface area (Å²) in [6, 6.07) is 14.8. The molecule has 2 aliphatic rings. The van der Waals surface area contributed by atoms with E-state index in [1.54, 1.807) is 12.1 Å². The molecule has 1 heterocycles. The molecule has 2 fully saturated rings. The highest BCUT2D eigenvalue weighted by Gasteiger charge is 2.45. The summed E-state index contributed by atoms with van der Waals surface area (Å²) < 4.78 is 14.5. The lowest BCUT2D eigenvalue weighted by Crippen LogP contribution is -2.54. The van der Waals surface area contributed by atoms with E-state index in [4.69, 9.17) is 0 Å². The van der Waals surface area contributed by atoms with Crippen LogP contribution in [0.3, 0.4) is 0 Å². The summed E-state index contributed by atoms with van der Waals surface area (Å²) in [7, 11) is 0. The standard InChI is InChI=1S/C24H27FN2O2/c1-18(28)19-9-10-22(21(25)17-19)26-13-15-27(16-14-26)23(29)24(11-5-6-12-24)20-7-3-2-4-8-20/h2-4,7-10,17H,5-6,11-16H2,1H3. The topological polar surface area (TPSA) is 40.6 Å². The molecule has 0 aromatic heterocycles. The first-order valence-electron chi connectivity index (χ1n) is 10.4. The van der Waals surface area contributed by atoms with Crippen LogP contribution in [0.2, 0.25) is 0 Å². The number of halogens is 1. The third-order valence-corrected chi connectivity index (χ3v) is 6.45. The highest BCUT2D eigenvalue weighted by Crippen LogP contribution is 2.42. The van der Waals surface area contributed by atoms with Crippen molar-refractivity contribution < 1.29 is 14.0 Å². The number of rotatable bonds is 4. The van der Waals surface area contributed by atoms with Crippen molar-refractivity contribution >= 4 is 17.4 Å². The molecule has 29 heavy (non-hydrogen) atoms. The Kier molecular flexibility index (Phi) is 5.39. The van der Waals surface area contributed by atoms with E-state index < -0.39 is 5.41 Å². The predicted molar refractivity (Wildman–Crippen MR) is 112 cm³/mol. The van der Waals surface area contributed by atoms with Crippen LogP contribution in [0.1, 0.15) is 48.5 Å². The Labute approximate surface area is 171 Å². The van der Waals surface area contributed by atoms with Gasteiger partial charge in [0.1, 0.15) is 5.82 Å². The Bertz CT molecular complexity index is 898. The lowest BCUT2D eigenvalue weighted by Gasteiger charge is -2.41. The van der Waals surface area contributed by atoms with Gasteiger partial charge in [-0.15, -0.1) is 0 Å². The number of carbonyl (C=O) groups excluding carboxylic acids is 2. The molecule has 2 aromatic carbocycles. The summed E-state index contributed by atoms with van der Waals surface area (Å²) in [5, 5.41) is 0. The Morgan fingerprint density at radius 2 is 1.59 bits per heavy atom. The van der Waals surface area contributed by atoms with E-state index in [1.165, 1.54) is 13.0 Å². The van der Waals surface area contributed by atoms with Crippen molar-refractivity contribution in [3.05, 3.63) is 65.5 Å². The van der Waals surface area contributed by atoms with Crippen LogP contribution < -0.4 is 4.90 Å². The fourth-order valence-corrected chi connectivity index (χ4v) is 4.80. The van der Waals surface area contributed by atoms with Crippen LogP contribution in [0.4, 0.5) is 10.1 Å². The Morgan fingerprint density at radius 3 is 2.17 bits per heavy atom. The van der Waals surface area contributed by atoms with Crippen molar-refractivity contribution in [1.29, 1.82) is 0 Å². The van der Waals surface area contributed by atoms with Crippen LogP contribution in [0.5, 0.6) is 0 Å². The number of hydrogen-bond donors (Lipinski definition) is 0. The maximum atomic E-state index is 14.5. The zero-order valence-electron chi connectivity index (χ0n) is 16.9.